The SMILES string of the molecule is CCc1nc(NN)c(C)c(Oc2ccc(OC)cc2Br)n1. The minimum absolute atomic E-state index is 0.473. The van der Waals surface area contributed by atoms with Gasteiger partial charge < -0.3 is 14.9 Å². The number of nitrogens with zero attached hydrogens (tertiary/aromatic N) is 2. The number of hydrogen-bond donors (Lipinski definition) is 2. The van der Waals surface area contributed by atoms with E-state index >= 15 is 0 Å². The number of benzene rings is 1. The second kappa shape index (κ2) is 6.73. The van der Waals surface area contributed by atoms with E-state index in [4.69, 9.17) is 15.3 Å². The number of hydrazine groups is 1. The summed E-state index contributed by atoms with van der Waals surface area (Å²) in [5.74, 6) is 8.56. The fraction of sp³-hybridized carbons (Fsp3) is 0.286. The number of aromatic nitrogens is 2. The van der Waals surface area contributed by atoms with E-state index in [0.29, 0.717) is 29.7 Å². The van der Waals surface area contributed by atoms with E-state index < -0.39 is 0 Å². The minimum Gasteiger partial charge on any atom is -0.497 e. The average molecular weight is 353 g/mol. The molecule has 1 aromatic carbocycles. The maximum Gasteiger partial charge on any atom is 0.227 e. The molecule has 0 aliphatic heterocycles. The first-order valence-corrected chi connectivity index (χ1v) is 7.23. The molecule has 0 aliphatic rings. The van der Waals surface area contributed by atoms with Crippen LogP contribution in [0.1, 0.15) is 18.3 Å². The van der Waals surface area contributed by atoms with Crippen molar-refractivity contribution in [1.29, 1.82) is 0 Å². The summed E-state index contributed by atoms with van der Waals surface area (Å²) < 4.78 is 11.8. The lowest BCUT2D eigenvalue weighted by molar-refractivity contribution is 0.411. The van der Waals surface area contributed by atoms with Crippen molar-refractivity contribution in [2.24, 2.45) is 5.84 Å². The number of methoxy groups -OCH3 is 1. The monoisotopic (exact) mass is 352 g/mol. The predicted molar refractivity (Wildman–Crippen MR) is 84.7 cm³/mol. The van der Waals surface area contributed by atoms with E-state index in [1.54, 1.807) is 7.11 Å². The van der Waals surface area contributed by atoms with E-state index in [-0.39, 0.29) is 0 Å². The summed E-state index contributed by atoms with van der Waals surface area (Å²) in [7, 11) is 1.61. The summed E-state index contributed by atoms with van der Waals surface area (Å²) in [4.78, 5) is 8.70. The third-order valence-corrected chi connectivity index (χ3v) is 3.57. The number of rotatable bonds is 5. The lowest BCUT2D eigenvalue weighted by Crippen LogP contribution is -2.13. The van der Waals surface area contributed by atoms with Crippen molar-refractivity contribution < 1.29 is 9.47 Å². The highest BCUT2D eigenvalue weighted by Gasteiger charge is 2.13. The van der Waals surface area contributed by atoms with Crippen molar-refractivity contribution in [2.45, 2.75) is 20.3 Å². The largest absolute Gasteiger partial charge is 0.497 e. The Bertz CT molecular complexity index is 649. The fourth-order valence-electron chi connectivity index (χ4n) is 1.73. The van der Waals surface area contributed by atoms with Gasteiger partial charge in [-0.15, -0.1) is 0 Å². The Kier molecular flexibility index (Phi) is 4.98. The molecule has 7 heteroatoms. The van der Waals surface area contributed by atoms with Crippen molar-refractivity contribution in [3.63, 3.8) is 0 Å². The molecule has 3 N–H and O–H groups in total. The molecule has 2 aromatic rings. The third-order valence-electron chi connectivity index (χ3n) is 2.95. The van der Waals surface area contributed by atoms with Crippen LogP contribution in [0.15, 0.2) is 22.7 Å². The summed E-state index contributed by atoms with van der Waals surface area (Å²) >= 11 is 3.45. The summed E-state index contributed by atoms with van der Waals surface area (Å²) in [5, 5.41) is 0. The first kappa shape index (κ1) is 15.5. The van der Waals surface area contributed by atoms with Gasteiger partial charge in [-0.25, -0.2) is 10.8 Å². The van der Waals surface area contributed by atoms with Crippen molar-refractivity contribution in [2.75, 3.05) is 12.5 Å². The fourth-order valence-corrected chi connectivity index (χ4v) is 2.17. The first-order chi connectivity index (χ1) is 10.1. The summed E-state index contributed by atoms with van der Waals surface area (Å²) in [6.45, 7) is 3.82. The van der Waals surface area contributed by atoms with Crippen LogP contribution >= 0.6 is 15.9 Å². The average Bonchev–Trinajstić information content (AvgIpc) is 2.50. The Hall–Kier alpha value is -1.86. The number of ether oxygens (including phenoxy) is 2. The molecule has 112 valence electrons. The highest BCUT2D eigenvalue weighted by Crippen LogP contribution is 2.34. The Balaban J connectivity index is 2.39. The smallest absolute Gasteiger partial charge is 0.227 e. The molecule has 0 atom stereocenters. The molecule has 6 nitrogen and oxygen atoms in total. The Morgan fingerprint density at radius 2 is 2.10 bits per heavy atom. The molecule has 0 radical (unpaired) electrons. The van der Waals surface area contributed by atoms with Crippen molar-refractivity contribution in [3.8, 4) is 17.4 Å². The molecule has 1 heterocycles. The normalized spacial score (nSPS) is 10.3. The van der Waals surface area contributed by atoms with Gasteiger partial charge in [0.1, 0.15) is 23.1 Å². The molecule has 0 bridgehead atoms. The van der Waals surface area contributed by atoms with Crippen LogP contribution in [0, 0.1) is 6.92 Å². The van der Waals surface area contributed by atoms with Gasteiger partial charge in [0.2, 0.25) is 5.88 Å². The molecule has 0 saturated carbocycles. The molecule has 0 amide bonds. The van der Waals surface area contributed by atoms with Crippen molar-refractivity contribution >= 4 is 21.7 Å². The predicted octanol–water partition coefficient (Wildman–Crippen LogP) is 3.20. The van der Waals surface area contributed by atoms with Gasteiger partial charge >= 0.3 is 0 Å². The third kappa shape index (κ3) is 3.43. The molecule has 21 heavy (non-hydrogen) atoms. The second-order valence-electron chi connectivity index (χ2n) is 4.31. The van der Waals surface area contributed by atoms with Crippen LogP contribution in [0.25, 0.3) is 0 Å². The molecule has 1 aromatic heterocycles. The van der Waals surface area contributed by atoms with Crippen LogP contribution in [0.4, 0.5) is 5.82 Å². The van der Waals surface area contributed by atoms with Gasteiger partial charge in [0.15, 0.2) is 0 Å². The molecule has 0 saturated heterocycles. The lowest BCUT2D eigenvalue weighted by Gasteiger charge is -2.13. The Morgan fingerprint density at radius 1 is 1.33 bits per heavy atom. The van der Waals surface area contributed by atoms with Crippen LogP contribution in [0.5, 0.6) is 17.4 Å². The number of halogens is 1. The van der Waals surface area contributed by atoms with E-state index in [1.165, 1.54) is 0 Å². The van der Waals surface area contributed by atoms with Crippen LogP contribution in [-0.4, -0.2) is 17.1 Å². The highest BCUT2D eigenvalue weighted by molar-refractivity contribution is 9.10. The van der Waals surface area contributed by atoms with E-state index in [2.05, 4.69) is 31.3 Å². The van der Waals surface area contributed by atoms with E-state index in [1.807, 2.05) is 32.0 Å². The minimum atomic E-state index is 0.473. The maximum atomic E-state index is 5.88. The van der Waals surface area contributed by atoms with Crippen molar-refractivity contribution in [3.05, 3.63) is 34.1 Å². The summed E-state index contributed by atoms with van der Waals surface area (Å²) in [6.07, 6.45) is 0.690. The van der Waals surface area contributed by atoms with E-state index in [0.717, 1.165) is 15.8 Å². The molecular formula is C14H17BrN4O2. The first-order valence-electron chi connectivity index (χ1n) is 6.44. The molecule has 0 unspecified atom stereocenters. The van der Waals surface area contributed by atoms with Gasteiger partial charge in [0, 0.05) is 6.42 Å². The quantitative estimate of drug-likeness (QED) is 0.635. The number of hydrogen-bond acceptors (Lipinski definition) is 6. The van der Waals surface area contributed by atoms with Crippen LogP contribution < -0.4 is 20.7 Å². The molecule has 0 fully saturated rings. The zero-order chi connectivity index (χ0) is 15.4. The summed E-state index contributed by atoms with van der Waals surface area (Å²) in [6, 6.07) is 5.46. The van der Waals surface area contributed by atoms with Gasteiger partial charge in [-0.3, -0.25) is 0 Å². The van der Waals surface area contributed by atoms with Gasteiger partial charge in [-0.2, -0.15) is 4.98 Å². The van der Waals surface area contributed by atoms with Crippen LogP contribution in [0.2, 0.25) is 0 Å². The lowest BCUT2D eigenvalue weighted by atomic mass is 10.3. The van der Waals surface area contributed by atoms with Gasteiger partial charge in [-0.05, 0) is 41.1 Å². The van der Waals surface area contributed by atoms with Crippen LogP contribution in [0.3, 0.4) is 0 Å². The number of nitrogens with two attached hydrogens (primary N) is 1. The van der Waals surface area contributed by atoms with Gasteiger partial charge in [-0.1, -0.05) is 6.92 Å². The topological polar surface area (TPSA) is 82.3 Å². The number of anilines is 1. The second-order valence-corrected chi connectivity index (χ2v) is 5.17. The number of nitrogens with one attached hydrogen (secondary N) is 1. The zero-order valence-corrected chi connectivity index (χ0v) is 13.7. The summed E-state index contributed by atoms with van der Waals surface area (Å²) in [5.41, 5.74) is 3.31. The molecular weight excluding hydrogens is 336 g/mol. The molecule has 0 aliphatic carbocycles. The van der Waals surface area contributed by atoms with Crippen molar-refractivity contribution in [1.82, 2.24) is 9.97 Å². The highest BCUT2D eigenvalue weighted by atomic mass is 79.9. The van der Waals surface area contributed by atoms with Crippen LogP contribution in [-0.2, 0) is 6.42 Å². The molecule has 2 rings (SSSR count). The number of nitrogen functional groups attached to an aromatic ring is 1. The molecule has 0 spiro atoms. The maximum absolute atomic E-state index is 5.88. The van der Waals surface area contributed by atoms with Gasteiger partial charge in [0.05, 0.1) is 17.1 Å². The zero-order valence-electron chi connectivity index (χ0n) is 12.1. The van der Waals surface area contributed by atoms with E-state index in [9.17, 15) is 0 Å². The van der Waals surface area contributed by atoms with Gasteiger partial charge in [0.25, 0.3) is 0 Å². The standard InChI is InChI=1S/C14H17BrN4O2/c1-4-12-17-13(19-16)8(2)14(18-12)21-11-6-5-9(20-3)7-10(11)15/h5-7H,4,16H2,1-3H3,(H,17,18,19). The Labute approximate surface area is 131 Å². The number of aryl methyl sites for hydroxylation is 1. The Morgan fingerprint density at radius 3 is 2.67 bits per heavy atom.